The molecule has 1 aromatic heterocycles. The second-order valence-electron chi connectivity index (χ2n) is 4.36. The molecule has 0 aromatic carbocycles. The number of imide groups is 1. The van der Waals surface area contributed by atoms with Gasteiger partial charge in [-0.3, -0.25) is 19.2 Å². The molecular formula is C11H16N4O2. The lowest BCUT2D eigenvalue weighted by Crippen LogP contribution is -2.50. The fraction of sp³-hybridized carbons (Fsp3) is 0.545. The molecule has 2 N–H and O–H groups in total. The van der Waals surface area contributed by atoms with Crippen LogP contribution in [-0.4, -0.2) is 32.5 Å². The quantitative estimate of drug-likeness (QED) is 0.715. The smallest absolute Gasteiger partial charge is 0.246 e. The van der Waals surface area contributed by atoms with E-state index >= 15 is 0 Å². The van der Waals surface area contributed by atoms with Gasteiger partial charge in [0.2, 0.25) is 11.8 Å². The first kappa shape index (κ1) is 11.8. The van der Waals surface area contributed by atoms with Gasteiger partial charge >= 0.3 is 0 Å². The molecule has 0 bridgehead atoms. The number of piperidine rings is 1. The first-order valence-corrected chi connectivity index (χ1v) is 5.58. The van der Waals surface area contributed by atoms with E-state index in [0.717, 1.165) is 11.4 Å². The molecule has 1 aromatic rings. The van der Waals surface area contributed by atoms with Gasteiger partial charge in [0, 0.05) is 13.5 Å². The number of carbonyl (C=O) groups excluding carboxylic acids is 2. The first-order valence-electron chi connectivity index (χ1n) is 5.58. The highest BCUT2D eigenvalue weighted by molar-refractivity contribution is 6.00. The van der Waals surface area contributed by atoms with Gasteiger partial charge in [-0.25, -0.2) is 0 Å². The van der Waals surface area contributed by atoms with Crippen molar-refractivity contribution in [2.75, 3.05) is 0 Å². The molecule has 0 radical (unpaired) electrons. The zero-order valence-corrected chi connectivity index (χ0v) is 10.0. The Labute approximate surface area is 99.4 Å². The van der Waals surface area contributed by atoms with Crippen molar-refractivity contribution >= 4 is 11.8 Å². The molecule has 2 heterocycles. The molecule has 0 aliphatic carbocycles. The highest BCUT2D eigenvalue weighted by Gasteiger charge is 2.32. The Kier molecular flexibility index (Phi) is 2.97. The third-order valence-electron chi connectivity index (χ3n) is 2.97. The number of amides is 2. The van der Waals surface area contributed by atoms with Gasteiger partial charge in [0.05, 0.1) is 24.0 Å². The van der Waals surface area contributed by atoms with Gasteiger partial charge in [0.15, 0.2) is 0 Å². The largest absolute Gasteiger partial charge is 0.320 e. The molecule has 1 aliphatic rings. The van der Waals surface area contributed by atoms with Crippen LogP contribution in [0.2, 0.25) is 0 Å². The Balaban J connectivity index is 2.19. The summed E-state index contributed by atoms with van der Waals surface area (Å²) in [6, 6.07) is 1.31. The van der Waals surface area contributed by atoms with E-state index in [4.69, 9.17) is 5.73 Å². The molecule has 1 fully saturated rings. The van der Waals surface area contributed by atoms with Gasteiger partial charge in [0.25, 0.3) is 0 Å². The summed E-state index contributed by atoms with van der Waals surface area (Å²) in [5, 5.41) is 4.18. The van der Waals surface area contributed by atoms with E-state index < -0.39 is 6.04 Å². The van der Waals surface area contributed by atoms with E-state index in [9.17, 15) is 9.59 Å². The molecule has 0 saturated carbocycles. The van der Waals surface area contributed by atoms with Crippen LogP contribution in [-0.2, 0) is 23.2 Å². The Morgan fingerprint density at radius 3 is 2.82 bits per heavy atom. The van der Waals surface area contributed by atoms with Crippen LogP contribution in [0.4, 0.5) is 0 Å². The van der Waals surface area contributed by atoms with Crippen molar-refractivity contribution in [1.29, 1.82) is 0 Å². The minimum Gasteiger partial charge on any atom is -0.320 e. The monoisotopic (exact) mass is 236 g/mol. The molecule has 1 saturated heterocycles. The van der Waals surface area contributed by atoms with Crippen LogP contribution in [0.5, 0.6) is 0 Å². The van der Waals surface area contributed by atoms with Gasteiger partial charge < -0.3 is 5.73 Å². The average Bonchev–Trinajstić information content (AvgIpc) is 2.58. The molecule has 2 amide bonds. The van der Waals surface area contributed by atoms with Crippen molar-refractivity contribution < 1.29 is 9.59 Å². The van der Waals surface area contributed by atoms with Crippen LogP contribution < -0.4 is 5.73 Å². The molecule has 2 rings (SSSR count). The number of nitrogens with two attached hydrogens (primary N) is 1. The summed E-state index contributed by atoms with van der Waals surface area (Å²) in [5.41, 5.74) is 7.36. The van der Waals surface area contributed by atoms with E-state index in [1.54, 1.807) is 11.7 Å². The van der Waals surface area contributed by atoms with Crippen LogP contribution >= 0.6 is 0 Å². The number of nitrogens with zero attached hydrogens (tertiary/aromatic N) is 3. The fourth-order valence-corrected chi connectivity index (χ4v) is 2.00. The zero-order valence-electron chi connectivity index (χ0n) is 10.0. The van der Waals surface area contributed by atoms with Crippen LogP contribution in [0, 0.1) is 6.92 Å². The van der Waals surface area contributed by atoms with E-state index in [0.29, 0.717) is 12.8 Å². The number of carbonyl (C=O) groups is 2. The maximum absolute atomic E-state index is 11.8. The van der Waals surface area contributed by atoms with Gasteiger partial charge in [-0.15, -0.1) is 0 Å². The SMILES string of the molecule is Cc1cc(CN2C(=O)CCC(N)C2=O)n(C)n1. The molecule has 1 aliphatic heterocycles. The Morgan fingerprint density at radius 1 is 1.53 bits per heavy atom. The van der Waals surface area contributed by atoms with Gasteiger partial charge in [-0.2, -0.15) is 5.10 Å². The maximum Gasteiger partial charge on any atom is 0.246 e. The second-order valence-corrected chi connectivity index (χ2v) is 4.36. The van der Waals surface area contributed by atoms with Crippen molar-refractivity contribution in [2.24, 2.45) is 12.8 Å². The highest BCUT2D eigenvalue weighted by atomic mass is 16.2. The number of hydrogen-bond donors (Lipinski definition) is 1. The third-order valence-corrected chi connectivity index (χ3v) is 2.97. The van der Waals surface area contributed by atoms with Gasteiger partial charge in [0.1, 0.15) is 0 Å². The maximum atomic E-state index is 11.8. The molecule has 92 valence electrons. The van der Waals surface area contributed by atoms with Crippen molar-refractivity contribution in [3.63, 3.8) is 0 Å². The summed E-state index contributed by atoms with van der Waals surface area (Å²) in [6.07, 6.45) is 0.780. The number of aromatic nitrogens is 2. The topological polar surface area (TPSA) is 81.2 Å². The van der Waals surface area contributed by atoms with E-state index in [1.807, 2.05) is 13.0 Å². The lowest BCUT2D eigenvalue weighted by Gasteiger charge is -2.28. The summed E-state index contributed by atoms with van der Waals surface area (Å²) < 4.78 is 1.68. The van der Waals surface area contributed by atoms with Crippen molar-refractivity contribution in [3.05, 3.63) is 17.5 Å². The third kappa shape index (κ3) is 2.21. The second kappa shape index (κ2) is 4.29. The summed E-state index contributed by atoms with van der Waals surface area (Å²) in [4.78, 5) is 24.7. The molecular weight excluding hydrogens is 220 g/mol. The predicted octanol–water partition coefficient (Wildman–Crippen LogP) is -0.295. The standard InChI is InChI=1S/C11H16N4O2/c1-7-5-8(14(2)13-7)6-15-10(16)4-3-9(12)11(15)17/h5,9H,3-4,6,12H2,1-2H3. The van der Waals surface area contributed by atoms with E-state index in [-0.39, 0.29) is 18.4 Å². The van der Waals surface area contributed by atoms with Crippen LogP contribution in [0.25, 0.3) is 0 Å². The molecule has 1 unspecified atom stereocenters. The summed E-state index contributed by atoms with van der Waals surface area (Å²) in [7, 11) is 1.79. The van der Waals surface area contributed by atoms with E-state index in [2.05, 4.69) is 5.10 Å². The van der Waals surface area contributed by atoms with Gasteiger partial charge in [-0.1, -0.05) is 0 Å². The number of likely N-dealkylation sites (tertiary alicyclic amines) is 1. The van der Waals surface area contributed by atoms with Crippen LogP contribution in [0.3, 0.4) is 0 Å². The molecule has 6 heteroatoms. The lowest BCUT2D eigenvalue weighted by molar-refractivity contribution is -0.150. The molecule has 17 heavy (non-hydrogen) atoms. The number of rotatable bonds is 2. The van der Waals surface area contributed by atoms with Crippen molar-refractivity contribution in [2.45, 2.75) is 32.4 Å². The number of hydrogen-bond acceptors (Lipinski definition) is 4. The molecule has 1 atom stereocenters. The molecule has 6 nitrogen and oxygen atoms in total. The Hall–Kier alpha value is -1.69. The minimum absolute atomic E-state index is 0.157. The van der Waals surface area contributed by atoms with E-state index in [1.165, 1.54) is 4.90 Å². The first-order chi connectivity index (χ1) is 7.99. The van der Waals surface area contributed by atoms with Gasteiger partial charge in [-0.05, 0) is 19.4 Å². The molecule has 0 spiro atoms. The van der Waals surface area contributed by atoms with Crippen molar-refractivity contribution in [1.82, 2.24) is 14.7 Å². The van der Waals surface area contributed by atoms with Crippen molar-refractivity contribution in [3.8, 4) is 0 Å². The minimum atomic E-state index is -0.554. The number of aryl methyl sites for hydroxylation is 2. The summed E-state index contributed by atoms with van der Waals surface area (Å²) >= 11 is 0. The highest BCUT2D eigenvalue weighted by Crippen LogP contribution is 2.15. The Morgan fingerprint density at radius 2 is 2.24 bits per heavy atom. The zero-order chi connectivity index (χ0) is 12.6. The normalized spacial score (nSPS) is 21.1. The summed E-state index contributed by atoms with van der Waals surface area (Å²) in [5.74, 6) is -0.448. The van der Waals surface area contributed by atoms with Crippen LogP contribution in [0.15, 0.2) is 6.07 Å². The Bertz CT molecular complexity index is 466. The van der Waals surface area contributed by atoms with Crippen LogP contribution in [0.1, 0.15) is 24.2 Å². The fourth-order valence-electron chi connectivity index (χ4n) is 2.00. The predicted molar refractivity (Wildman–Crippen MR) is 60.7 cm³/mol. The lowest BCUT2D eigenvalue weighted by atomic mass is 10.0. The average molecular weight is 236 g/mol. The summed E-state index contributed by atoms with van der Waals surface area (Å²) in [6.45, 7) is 2.12.